The van der Waals surface area contributed by atoms with Crippen LogP contribution in [0.4, 0.5) is 10.1 Å². The van der Waals surface area contributed by atoms with E-state index in [1.54, 1.807) is 18.2 Å². The molecule has 2 aromatic carbocycles. The van der Waals surface area contributed by atoms with Crippen LogP contribution in [0.5, 0.6) is 0 Å². The zero-order chi connectivity index (χ0) is 26.0. The third-order valence-corrected chi connectivity index (χ3v) is 8.06. The van der Waals surface area contributed by atoms with Crippen molar-refractivity contribution in [2.24, 2.45) is 0 Å². The van der Waals surface area contributed by atoms with Crippen LogP contribution in [0.1, 0.15) is 21.7 Å². The SMILES string of the molecule is O=C(CCN1C(=O)C(=Cc2cc(-c3ccc(Cl)c(Cl)c3)cs2)SC1=S)Nc1ccc(C(=O)O)c(F)c1. The van der Waals surface area contributed by atoms with E-state index in [0.29, 0.717) is 19.3 Å². The molecule has 0 radical (unpaired) electrons. The second-order valence-electron chi connectivity index (χ2n) is 7.50. The first-order valence-corrected chi connectivity index (χ1v) is 13.1. The molecule has 0 unspecified atom stereocenters. The summed E-state index contributed by atoms with van der Waals surface area (Å²) in [5.74, 6) is -3.14. The number of hydrogen-bond donors (Lipinski definition) is 2. The summed E-state index contributed by atoms with van der Waals surface area (Å²) < 4.78 is 14.1. The van der Waals surface area contributed by atoms with E-state index in [9.17, 15) is 18.8 Å². The second-order valence-corrected chi connectivity index (χ2v) is 10.9. The van der Waals surface area contributed by atoms with Gasteiger partial charge in [0.25, 0.3) is 5.91 Å². The maximum absolute atomic E-state index is 13.8. The minimum absolute atomic E-state index is 0.0441. The largest absolute Gasteiger partial charge is 0.478 e. The number of hydrogen-bond acceptors (Lipinski definition) is 6. The van der Waals surface area contributed by atoms with E-state index in [-0.39, 0.29) is 24.6 Å². The molecule has 1 aliphatic rings. The van der Waals surface area contributed by atoms with Gasteiger partial charge < -0.3 is 10.4 Å². The molecule has 36 heavy (non-hydrogen) atoms. The van der Waals surface area contributed by atoms with Crippen LogP contribution >= 0.6 is 58.5 Å². The van der Waals surface area contributed by atoms with Crippen molar-refractivity contribution in [2.75, 3.05) is 11.9 Å². The number of aromatic carboxylic acids is 1. The van der Waals surface area contributed by atoms with Crippen LogP contribution in [-0.4, -0.2) is 38.7 Å². The average molecular weight is 581 g/mol. The molecule has 184 valence electrons. The fourth-order valence-corrected chi connectivity index (χ4v) is 5.80. The number of nitrogens with zero attached hydrogens (tertiary/aromatic N) is 1. The fraction of sp³-hybridized carbons (Fsp3) is 0.0833. The Morgan fingerprint density at radius 1 is 1.11 bits per heavy atom. The minimum atomic E-state index is -1.40. The molecule has 0 bridgehead atoms. The smallest absolute Gasteiger partial charge is 0.338 e. The highest BCUT2D eigenvalue weighted by Gasteiger charge is 2.32. The summed E-state index contributed by atoms with van der Waals surface area (Å²) in [4.78, 5) is 38.7. The lowest BCUT2D eigenvalue weighted by Gasteiger charge is -2.14. The van der Waals surface area contributed by atoms with Gasteiger partial charge in [0.15, 0.2) is 0 Å². The number of carbonyl (C=O) groups excluding carboxylic acids is 2. The van der Waals surface area contributed by atoms with E-state index in [1.807, 2.05) is 17.5 Å². The van der Waals surface area contributed by atoms with Gasteiger partial charge in [-0.3, -0.25) is 14.5 Å². The van der Waals surface area contributed by atoms with Crippen LogP contribution in [0.25, 0.3) is 17.2 Å². The van der Waals surface area contributed by atoms with Crippen molar-refractivity contribution >= 4 is 92.4 Å². The molecule has 2 amide bonds. The Hall–Kier alpha value is -2.76. The lowest BCUT2D eigenvalue weighted by molar-refractivity contribution is -0.122. The molecule has 2 heterocycles. The third kappa shape index (κ3) is 5.96. The molecule has 6 nitrogen and oxygen atoms in total. The number of thioether (sulfide) groups is 1. The molecule has 1 aliphatic heterocycles. The number of benzene rings is 2. The number of amides is 2. The van der Waals surface area contributed by atoms with E-state index >= 15 is 0 Å². The number of carboxylic acid groups (broad SMARTS) is 1. The Labute approximate surface area is 228 Å². The third-order valence-electron chi connectivity index (χ3n) is 5.07. The maximum Gasteiger partial charge on any atom is 0.338 e. The average Bonchev–Trinajstić information content (AvgIpc) is 3.38. The Morgan fingerprint density at radius 3 is 2.58 bits per heavy atom. The van der Waals surface area contributed by atoms with E-state index in [1.165, 1.54) is 22.3 Å². The van der Waals surface area contributed by atoms with Crippen LogP contribution in [0.3, 0.4) is 0 Å². The molecule has 0 atom stereocenters. The summed E-state index contributed by atoms with van der Waals surface area (Å²) in [7, 11) is 0. The standard InChI is InChI=1S/C24H15Cl2FN2O4S3/c25-17-4-1-12(8-18(17)26)13-7-15(35-11-13)10-20-22(31)29(24(34)36-20)6-5-21(30)28-14-2-3-16(23(32)33)19(27)9-14/h1-4,7-11H,5-6H2,(H,28,30)(H,32,33). The van der Waals surface area contributed by atoms with Gasteiger partial charge in [0.2, 0.25) is 5.91 Å². The number of nitrogens with one attached hydrogen (secondary N) is 1. The molecule has 0 aliphatic carbocycles. The van der Waals surface area contributed by atoms with Crippen LogP contribution in [0.2, 0.25) is 10.0 Å². The Balaban J connectivity index is 1.38. The van der Waals surface area contributed by atoms with Crippen molar-refractivity contribution in [1.82, 2.24) is 4.90 Å². The van der Waals surface area contributed by atoms with Crippen molar-refractivity contribution in [2.45, 2.75) is 6.42 Å². The van der Waals surface area contributed by atoms with Gasteiger partial charge in [-0.2, -0.15) is 0 Å². The highest BCUT2D eigenvalue weighted by Crippen LogP contribution is 2.36. The van der Waals surface area contributed by atoms with Crippen molar-refractivity contribution in [3.8, 4) is 11.1 Å². The summed E-state index contributed by atoms with van der Waals surface area (Å²) >= 11 is 20.0. The van der Waals surface area contributed by atoms with Gasteiger partial charge in [0.1, 0.15) is 10.1 Å². The number of thiophene rings is 1. The summed E-state index contributed by atoms with van der Waals surface area (Å²) in [6.45, 7) is 0.0441. The number of rotatable bonds is 7. The van der Waals surface area contributed by atoms with Crippen LogP contribution in [0.15, 0.2) is 52.7 Å². The van der Waals surface area contributed by atoms with E-state index in [0.717, 1.165) is 39.9 Å². The van der Waals surface area contributed by atoms with Crippen molar-refractivity contribution in [1.29, 1.82) is 0 Å². The molecule has 2 N–H and O–H groups in total. The van der Waals surface area contributed by atoms with Gasteiger partial charge >= 0.3 is 5.97 Å². The lowest BCUT2D eigenvalue weighted by Crippen LogP contribution is -2.31. The van der Waals surface area contributed by atoms with Crippen molar-refractivity contribution in [3.05, 3.63) is 79.1 Å². The van der Waals surface area contributed by atoms with Crippen LogP contribution in [-0.2, 0) is 9.59 Å². The first kappa shape index (κ1) is 26.3. The highest BCUT2D eigenvalue weighted by molar-refractivity contribution is 8.26. The highest BCUT2D eigenvalue weighted by atomic mass is 35.5. The molecule has 0 spiro atoms. The molecule has 1 aromatic heterocycles. The molecular formula is C24H15Cl2FN2O4S3. The van der Waals surface area contributed by atoms with E-state index in [2.05, 4.69) is 5.32 Å². The maximum atomic E-state index is 13.8. The van der Waals surface area contributed by atoms with E-state index < -0.39 is 23.3 Å². The predicted octanol–water partition coefficient (Wildman–Crippen LogP) is 6.79. The monoisotopic (exact) mass is 580 g/mol. The molecule has 12 heteroatoms. The minimum Gasteiger partial charge on any atom is -0.478 e. The first-order chi connectivity index (χ1) is 17.1. The van der Waals surface area contributed by atoms with Gasteiger partial charge in [-0.25, -0.2) is 9.18 Å². The summed E-state index contributed by atoms with van der Waals surface area (Å²) in [5, 5.41) is 14.2. The second kappa shape index (κ2) is 11.1. The first-order valence-electron chi connectivity index (χ1n) is 10.2. The number of anilines is 1. The Morgan fingerprint density at radius 2 is 1.89 bits per heavy atom. The molecule has 4 rings (SSSR count). The van der Waals surface area contributed by atoms with Gasteiger partial charge in [-0.1, -0.05) is 53.2 Å². The zero-order valence-electron chi connectivity index (χ0n) is 18.1. The molecular weight excluding hydrogens is 566 g/mol. The summed E-state index contributed by atoms with van der Waals surface area (Å²) in [6, 6.07) is 10.6. The molecule has 1 fully saturated rings. The van der Waals surface area contributed by atoms with Gasteiger partial charge in [0, 0.05) is 23.5 Å². The zero-order valence-corrected chi connectivity index (χ0v) is 22.0. The number of thiocarbonyl (C=S) groups is 1. The lowest BCUT2D eigenvalue weighted by atomic mass is 10.1. The molecule has 1 saturated heterocycles. The van der Waals surface area contributed by atoms with E-state index in [4.69, 9.17) is 40.5 Å². The van der Waals surface area contributed by atoms with Crippen molar-refractivity contribution in [3.63, 3.8) is 0 Å². The molecule has 3 aromatic rings. The number of halogens is 3. The number of carboxylic acids is 1. The predicted molar refractivity (Wildman–Crippen MR) is 146 cm³/mol. The summed E-state index contributed by atoms with van der Waals surface area (Å²) in [5.41, 5.74) is 1.46. The van der Waals surface area contributed by atoms with Gasteiger partial charge in [-0.15, -0.1) is 11.3 Å². The topological polar surface area (TPSA) is 86.7 Å². The van der Waals surface area contributed by atoms with Gasteiger partial charge in [-0.05, 0) is 59.0 Å². The van der Waals surface area contributed by atoms with Crippen LogP contribution in [0, 0.1) is 5.82 Å². The normalized spacial score (nSPS) is 14.5. The molecule has 0 saturated carbocycles. The van der Waals surface area contributed by atoms with Gasteiger partial charge in [0.05, 0.1) is 20.5 Å². The summed E-state index contributed by atoms with van der Waals surface area (Å²) in [6.07, 6.45) is 1.67. The fourth-order valence-electron chi connectivity index (χ4n) is 3.28. The van der Waals surface area contributed by atoms with Crippen LogP contribution < -0.4 is 5.32 Å². The van der Waals surface area contributed by atoms with Crippen molar-refractivity contribution < 1.29 is 23.9 Å². The number of carbonyl (C=O) groups is 3. The Kier molecular flexibility index (Phi) is 8.11. The quantitative estimate of drug-likeness (QED) is 0.236. The Bertz CT molecular complexity index is 1440.